The van der Waals surface area contributed by atoms with Gasteiger partial charge in [-0.05, 0) is 18.4 Å². The van der Waals surface area contributed by atoms with Gasteiger partial charge in [-0.15, -0.1) is 11.1 Å². The standard InChI is InChI=1S/C20H27N2O2.C8H6FO.Nb/c1-15(2)13-18(23)22-11-9-20(10-12-22)17(14-21(3)19(20)24)16-7-5-4-6-8-16;1-6-2-3-8(9)7(4-6)5-10;/h4-8,13,15,17H,9-12,14H2,1-3H3;2-4H,1H3;/q2*-1;+2. The number of amides is 2. The van der Waals surface area contributed by atoms with Crippen LogP contribution in [-0.4, -0.2) is 54.6 Å². The number of carbonyl (C=O) groups excluding carboxylic acids is 3. The molecule has 0 bridgehead atoms. The summed E-state index contributed by atoms with van der Waals surface area (Å²) in [5, 5.41) is 0. The molecule has 185 valence electrons. The number of likely N-dealkylation sites (N-methyl/N-ethyl adjacent to an activating group) is 1. The second-order valence-electron chi connectivity index (χ2n) is 9.63. The summed E-state index contributed by atoms with van der Waals surface area (Å²) in [6.07, 6.45) is 4.80. The molecule has 2 fully saturated rings. The van der Waals surface area contributed by atoms with E-state index >= 15 is 0 Å². The Kier molecular flexibility index (Phi) is 10.3. The summed E-state index contributed by atoms with van der Waals surface area (Å²) in [7, 11) is 1.90. The number of rotatable bonds is 4. The van der Waals surface area contributed by atoms with Crippen molar-refractivity contribution < 1.29 is 41.2 Å². The summed E-state index contributed by atoms with van der Waals surface area (Å²) < 4.78 is 12.5. The van der Waals surface area contributed by atoms with Gasteiger partial charge in [0, 0.05) is 38.4 Å². The van der Waals surface area contributed by atoms with Crippen LogP contribution in [-0.2, 0) is 36.8 Å². The topological polar surface area (TPSA) is 57.7 Å². The number of hydrogen-bond donors (Lipinski definition) is 0. The van der Waals surface area contributed by atoms with Gasteiger partial charge in [0.15, 0.2) is 0 Å². The zero-order valence-electron chi connectivity index (χ0n) is 20.8. The molecule has 2 saturated heterocycles. The fourth-order valence-corrected chi connectivity index (χ4v) is 4.97. The predicted octanol–water partition coefficient (Wildman–Crippen LogP) is 4.30. The van der Waals surface area contributed by atoms with Gasteiger partial charge in [-0.25, -0.2) is 0 Å². The molecule has 1 atom stereocenters. The second kappa shape index (κ2) is 12.5. The van der Waals surface area contributed by atoms with Gasteiger partial charge in [0.25, 0.3) is 0 Å². The Morgan fingerprint density at radius 3 is 2.31 bits per heavy atom. The van der Waals surface area contributed by atoms with E-state index in [0.29, 0.717) is 13.1 Å². The van der Waals surface area contributed by atoms with Gasteiger partial charge in [-0.3, -0.25) is 9.18 Å². The van der Waals surface area contributed by atoms with Crippen molar-refractivity contribution in [1.29, 1.82) is 0 Å². The molecule has 1 spiro atoms. The van der Waals surface area contributed by atoms with Crippen molar-refractivity contribution in [2.45, 2.75) is 39.5 Å². The van der Waals surface area contributed by atoms with E-state index < -0.39 is 5.82 Å². The molecule has 2 aromatic carbocycles. The van der Waals surface area contributed by atoms with Gasteiger partial charge in [0.1, 0.15) is 0 Å². The summed E-state index contributed by atoms with van der Waals surface area (Å²) in [6.45, 7) is 7.94. The predicted molar refractivity (Wildman–Crippen MR) is 130 cm³/mol. The molecule has 0 N–H and O–H groups in total. The Hall–Kier alpha value is -2.41. The molecule has 2 aromatic rings. The molecule has 2 amide bonds. The maximum atomic E-state index is 12.9. The maximum absolute atomic E-state index is 12.9. The Labute approximate surface area is 223 Å². The Bertz CT molecular complexity index is 1020. The van der Waals surface area contributed by atoms with Crippen molar-refractivity contribution in [3.05, 3.63) is 77.5 Å². The summed E-state index contributed by atoms with van der Waals surface area (Å²) in [4.78, 5) is 39.0. The molecule has 2 aliphatic rings. The van der Waals surface area contributed by atoms with Crippen LogP contribution < -0.4 is 0 Å². The zero-order chi connectivity index (χ0) is 24.9. The van der Waals surface area contributed by atoms with E-state index in [1.54, 1.807) is 19.4 Å². The zero-order valence-corrected chi connectivity index (χ0v) is 23.0. The fourth-order valence-electron chi connectivity index (χ4n) is 4.97. The van der Waals surface area contributed by atoms with Gasteiger partial charge >= 0.3 is 22.4 Å². The maximum Gasteiger partial charge on any atom is 2.00 e. The van der Waals surface area contributed by atoms with E-state index in [0.717, 1.165) is 24.9 Å². The van der Waals surface area contributed by atoms with Crippen LogP contribution in [0.1, 0.15) is 49.3 Å². The number of halogens is 1. The molecular formula is C28H33FN2NbO3. The molecule has 0 aliphatic carbocycles. The quantitative estimate of drug-likeness (QED) is 0.416. The average molecular weight is 557 g/mol. The molecule has 1 unspecified atom stereocenters. The van der Waals surface area contributed by atoms with Gasteiger partial charge in [-0.2, -0.15) is 12.0 Å². The van der Waals surface area contributed by atoms with E-state index in [9.17, 15) is 18.8 Å². The van der Waals surface area contributed by atoms with Crippen molar-refractivity contribution in [2.24, 2.45) is 11.3 Å². The summed E-state index contributed by atoms with van der Waals surface area (Å²) in [5.41, 5.74) is 1.76. The molecule has 7 heteroatoms. The van der Waals surface area contributed by atoms with Gasteiger partial charge in [-0.1, -0.05) is 63.2 Å². The SMILES string of the molecule is CC(C)[CH-]C(=O)N1CCC2(CC1)C(=O)N(C)CC2c1ccccc1.Cc1ccc(F)c([C-]=O)c1.[Nb+2]. The number of carbonyl (C=O) groups is 2. The first-order valence-electron chi connectivity index (χ1n) is 11.8. The van der Waals surface area contributed by atoms with Crippen molar-refractivity contribution in [1.82, 2.24) is 9.80 Å². The van der Waals surface area contributed by atoms with Gasteiger partial charge in [0.2, 0.25) is 5.91 Å². The number of aryl methyl sites for hydroxylation is 1. The van der Waals surface area contributed by atoms with Crippen LogP contribution in [0.5, 0.6) is 0 Å². The largest absolute Gasteiger partial charge is 2.00 e. The van der Waals surface area contributed by atoms with Gasteiger partial charge in [0.05, 0.1) is 17.6 Å². The molecular weight excluding hydrogens is 524 g/mol. The summed E-state index contributed by atoms with van der Waals surface area (Å²) >= 11 is 0. The van der Waals surface area contributed by atoms with Crippen molar-refractivity contribution in [2.75, 3.05) is 26.7 Å². The normalized spacial score (nSPS) is 18.6. The van der Waals surface area contributed by atoms with E-state index in [-0.39, 0.29) is 57.0 Å². The van der Waals surface area contributed by atoms with Crippen LogP contribution in [0.15, 0.2) is 48.5 Å². The van der Waals surface area contributed by atoms with Crippen molar-refractivity contribution in [3.63, 3.8) is 0 Å². The monoisotopic (exact) mass is 557 g/mol. The molecule has 4 rings (SSSR count). The molecule has 1 radical (unpaired) electrons. The minimum absolute atomic E-state index is 0. The number of piperidine rings is 1. The van der Waals surface area contributed by atoms with Crippen LogP contribution in [0, 0.1) is 30.5 Å². The van der Waals surface area contributed by atoms with Crippen molar-refractivity contribution in [3.8, 4) is 0 Å². The van der Waals surface area contributed by atoms with E-state index in [2.05, 4.69) is 12.1 Å². The Morgan fingerprint density at radius 2 is 1.77 bits per heavy atom. The second-order valence-corrected chi connectivity index (χ2v) is 9.63. The van der Waals surface area contributed by atoms with Crippen LogP contribution in [0.2, 0.25) is 0 Å². The smallest absolute Gasteiger partial charge is 0.376 e. The number of likely N-dealkylation sites (tertiary alicyclic amines) is 2. The van der Waals surface area contributed by atoms with Crippen LogP contribution >= 0.6 is 0 Å². The number of nitrogens with zero attached hydrogens (tertiary/aromatic N) is 2. The molecule has 0 aromatic heterocycles. The average Bonchev–Trinajstić information content (AvgIpc) is 3.06. The first kappa shape index (κ1) is 28.8. The molecule has 5 nitrogen and oxygen atoms in total. The van der Waals surface area contributed by atoms with Crippen LogP contribution in [0.3, 0.4) is 0 Å². The minimum atomic E-state index is -0.513. The first-order valence-corrected chi connectivity index (χ1v) is 11.8. The molecule has 0 saturated carbocycles. The third kappa shape index (κ3) is 6.63. The van der Waals surface area contributed by atoms with Crippen LogP contribution in [0.25, 0.3) is 0 Å². The number of benzene rings is 2. The fraction of sp³-hybridized carbons (Fsp3) is 0.429. The van der Waals surface area contributed by atoms with E-state index in [4.69, 9.17) is 0 Å². The van der Waals surface area contributed by atoms with Crippen molar-refractivity contribution >= 4 is 18.1 Å². The van der Waals surface area contributed by atoms with Gasteiger partial charge < -0.3 is 25.8 Å². The summed E-state index contributed by atoms with van der Waals surface area (Å²) in [5.74, 6) is 0.319. The minimum Gasteiger partial charge on any atom is -0.376 e. The van der Waals surface area contributed by atoms with E-state index in [1.807, 2.05) is 48.9 Å². The Morgan fingerprint density at radius 1 is 1.14 bits per heavy atom. The first-order chi connectivity index (χ1) is 16.2. The van der Waals surface area contributed by atoms with Crippen LogP contribution in [0.4, 0.5) is 4.39 Å². The third-order valence-corrected chi connectivity index (χ3v) is 6.77. The number of hydrogen-bond acceptors (Lipinski definition) is 3. The third-order valence-electron chi connectivity index (χ3n) is 6.77. The van der Waals surface area contributed by atoms with E-state index in [1.165, 1.54) is 24.0 Å². The molecule has 35 heavy (non-hydrogen) atoms. The molecule has 2 heterocycles. The summed E-state index contributed by atoms with van der Waals surface area (Å²) in [6, 6.07) is 14.7. The Balaban J connectivity index is 0.000000332. The molecule has 2 aliphatic heterocycles.